The fourth-order valence-corrected chi connectivity index (χ4v) is 2.20. The number of halogens is 2. The third kappa shape index (κ3) is 2.53. The Morgan fingerprint density at radius 3 is 2.72 bits per heavy atom. The Labute approximate surface area is 112 Å². The van der Waals surface area contributed by atoms with E-state index >= 15 is 0 Å². The van der Waals surface area contributed by atoms with Crippen molar-refractivity contribution in [2.24, 2.45) is 5.92 Å². The Morgan fingerprint density at radius 1 is 1.44 bits per heavy atom. The van der Waals surface area contributed by atoms with E-state index in [1.165, 1.54) is 17.0 Å². The summed E-state index contributed by atoms with van der Waals surface area (Å²) in [5.74, 6) is -2.25. The smallest absolute Gasteiger partial charge is 0.308 e. The van der Waals surface area contributed by atoms with E-state index in [0.717, 1.165) is 6.07 Å². The highest BCUT2D eigenvalue weighted by atomic mass is 79.9. The van der Waals surface area contributed by atoms with Crippen molar-refractivity contribution in [3.8, 4) is 0 Å². The van der Waals surface area contributed by atoms with Crippen LogP contribution in [0.4, 0.5) is 4.39 Å². The number of carbonyl (C=O) groups excluding carboxylic acids is 1. The molecule has 1 aromatic carbocycles. The number of carboxylic acids is 1. The molecule has 1 heterocycles. The number of hydrogen-bond acceptors (Lipinski definition) is 2. The minimum Gasteiger partial charge on any atom is -0.481 e. The lowest BCUT2D eigenvalue weighted by molar-refractivity contribution is -0.141. The van der Waals surface area contributed by atoms with E-state index in [0.29, 0.717) is 17.4 Å². The van der Waals surface area contributed by atoms with E-state index in [4.69, 9.17) is 5.11 Å². The third-order valence-corrected chi connectivity index (χ3v) is 3.63. The molecule has 0 aromatic heterocycles. The first-order chi connectivity index (χ1) is 8.49. The van der Waals surface area contributed by atoms with Gasteiger partial charge in [0.1, 0.15) is 5.82 Å². The van der Waals surface area contributed by atoms with Crippen LogP contribution in [0.2, 0.25) is 0 Å². The Balaban J connectivity index is 2.12. The fraction of sp³-hybridized carbons (Fsp3) is 0.333. The second-order valence-electron chi connectivity index (χ2n) is 4.20. The number of carboxylic acid groups (broad SMARTS) is 1. The molecule has 1 amide bonds. The van der Waals surface area contributed by atoms with Gasteiger partial charge in [0.05, 0.1) is 10.4 Å². The summed E-state index contributed by atoms with van der Waals surface area (Å²) < 4.78 is 13.6. The summed E-state index contributed by atoms with van der Waals surface area (Å²) in [7, 11) is 0. The Hall–Kier alpha value is -1.43. The molecule has 1 aliphatic rings. The van der Waals surface area contributed by atoms with Crippen molar-refractivity contribution in [3.05, 3.63) is 34.1 Å². The van der Waals surface area contributed by atoms with Crippen LogP contribution >= 0.6 is 15.9 Å². The number of benzene rings is 1. The molecule has 0 spiro atoms. The lowest BCUT2D eigenvalue weighted by Gasteiger charge is -2.15. The molecular formula is C12H11BrFNO3. The number of carbonyl (C=O) groups is 2. The lowest BCUT2D eigenvalue weighted by Crippen LogP contribution is -2.30. The van der Waals surface area contributed by atoms with Gasteiger partial charge in [0.2, 0.25) is 0 Å². The van der Waals surface area contributed by atoms with E-state index in [9.17, 15) is 14.0 Å². The number of hydrogen-bond donors (Lipinski definition) is 1. The quantitative estimate of drug-likeness (QED) is 0.909. The van der Waals surface area contributed by atoms with Gasteiger partial charge < -0.3 is 10.0 Å². The maximum absolute atomic E-state index is 13.3. The highest BCUT2D eigenvalue weighted by molar-refractivity contribution is 9.10. The lowest BCUT2D eigenvalue weighted by atomic mass is 10.1. The largest absolute Gasteiger partial charge is 0.481 e. The topological polar surface area (TPSA) is 57.6 Å². The molecule has 1 aliphatic heterocycles. The molecule has 0 bridgehead atoms. The molecule has 0 radical (unpaired) electrons. The van der Waals surface area contributed by atoms with Crippen LogP contribution in [0, 0.1) is 11.7 Å². The van der Waals surface area contributed by atoms with Gasteiger partial charge in [0.15, 0.2) is 0 Å². The molecule has 0 saturated carbocycles. The first-order valence-corrected chi connectivity index (χ1v) is 6.25. The number of likely N-dealkylation sites (tertiary alicyclic amines) is 1. The van der Waals surface area contributed by atoms with Crippen LogP contribution in [0.1, 0.15) is 16.8 Å². The summed E-state index contributed by atoms with van der Waals surface area (Å²) in [4.78, 5) is 24.3. The third-order valence-electron chi connectivity index (χ3n) is 2.99. The molecule has 1 aromatic rings. The molecule has 1 N–H and O–H groups in total. The van der Waals surface area contributed by atoms with Crippen molar-refractivity contribution in [3.63, 3.8) is 0 Å². The van der Waals surface area contributed by atoms with E-state index < -0.39 is 17.7 Å². The molecule has 0 unspecified atom stereocenters. The van der Waals surface area contributed by atoms with Crippen LogP contribution in [0.5, 0.6) is 0 Å². The maximum atomic E-state index is 13.3. The van der Waals surface area contributed by atoms with Gasteiger partial charge in [-0.3, -0.25) is 9.59 Å². The molecule has 2 rings (SSSR count). The van der Waals surface area contributed by atoms with Gasteiger partial charge in [0.25, 0.3) is 5.91 Å². The first kappa shape index (κ1) is 13.0. The molecule has 1 fully saturated rings. The molecular weight excluding hydrogens is 305 g/mol. The van der Waals surface area contributed by atoms with E-state index in [2.05, 4.69) is 15.9 Å². The van der Waals surface area contributed by atoms with Gasteiger partial charge >= 0.3 is 5.97 Å². The molecule has 18 heavy (non-hydrogen) atoms. The van der Waals surface area contributed by atoms with E-state index in [-0.39, 0.29) is 18.0 Å². The SMILES string of the molecule is O=C(O)[C@@H]1CCN(C(=O)c2ccc(Br)c(F)c2)C1. The predicted octanol–water partition coefficient (Wildman–Crippen LogP) is 2.13. The number of amides is 1. The fourth-order valence-electron chi connectivity index (χ4n) is 1.96. The normalized spacial score (nSPS) is 19.0. The summed E-state index contributed by atoms with van der Waals surface area (Å²) in [5, 5.41) is 8.86. The molecule has 6 heteroatoms. The second-order valence-corrected chi connectivity index (χ2v) is 5.06. The zero-order valence-corrected chi connectivity index (χ0v) is 11.0. The monoisotopic (exact) mass is 315 g/mol. The van der Waals surface area contributed by atoms with Crippen molar-refractivity contribution in [1.82, 2.24) is 4.90 Å². The van der Waals surface area contributed by atoms with Gasteiger partial charge in [-0.2, -0.15) is 0 Å². The minimum atomic E-state index is -0.896. The van der Waals surface area contributed by atoms with Gasteiger partial charge in [0, 0.05) is 18.7 Å². The van der Waals surface area contributed by atoms with E-state index in [1.54, 1.807) is 0 Å². The van der Waals surface area contributed by atoms with Crippen LogP contribution in [0.25, 0.3) is 0 Å². The highest BCUT2D eigenvalue weighted by Crippen LogP contribution is 2.21. The highest BCUT2D eigenvalue weighted by Gasteiger charge is 2.31. The minimum absolute atomic E-state index is 0.186. The van der Waals surface area contributed by atoms with Gasteiger partial charge in [-0.1, -0.05) is 0 Å². The van der Waals surface area contributed by atoms with Crippen molar-refractivity contribution < 1.29 is 19.1 Å². The number of nitrogens with zero attached hydrogens (tertiary/aromatic N) is 1. The average molecular weight is 316 g/mol. The molecule has 4 nitrogen and oxygen atoms in total. The Bertz CT molecular complexity index is 506. The number of rotatable bonds is 2. The van der Waals surface area contributed by atoms with Gasteiger partial charge in [-0.05, 0) is 40.5 Å². The molecule has 1 atom stereocenters. The summed E-state index contributed by atoms with van der Waals surface area (Å²) in [6, 6.07) is 4.14. The molecule has 96 valence electrons. The van der Waals surface area contributed by atoms with Crippen molar-refractivity contribution in [1.29, 1.82) is 0 Å². The Kier molecular flexibility index (Phi) is 3.65. The summed E-state index contributed by atoms with van der Waals surface area (Å²) in [5.41, 5.74) is 0.238. The second kappa shape index (κ2) is 5.06. The van der Waals surface area contributed by atoms with Crippen molar-refractivity contribution in [2.45, 2.75) is 6.42 Å². The van der Waals surface area contributed by atoms with Gasteiger partial charge in [-0.15, -0.1) is 0 Å². The molecule has 0 aliphatic carbocycles. The zero-order chi connectivity index (χ0) is 13.3. The maximum Gasteiger partial charge on any atom is 0.308 e. The standard InChI is InChI=1S/C12H11BrFNO3/c13-9-2-1-7(5-10(9)14)11(16)15-4-3-8(6-15)12(17)18/h1-2,5,8H,3-4,6H2,(H,17,18)/t8-/m1/s1. The zero-order valence-electron chi connectivity index (χ0n) is 9.40. The van der Waals surface area contributed by atoms with Crippen LogP contribution in [0.15, 0.2) is 22.7 Å². The number of aliphatic carboxylic acids is 1. The summed E-state index contributed by atoms with van der Waals surface area (Å²) >= 11 is 3.01. The van der Waals surface area contributed by atoms with Crippen LogP contribution in [-0.4, -0.2) is 35.0 Å². The van der Waals surface area contributed by atoms with Crippen LogP contribution in [-0.2, 0) is 4.79 Å². The average Bonchev–Trinajstić information content (AvgIpc) is 2.81. The first-order valence-electron chi connectivity index (χ1n) is 5.46. The Morgan fingerprint density at radius 2 is 2.17 bits per heavy atom. The summed E-state index contributed by atoms with van der Waals surface area (Å²) in [6.07, 6.45) is 0.445. The van der Waals surface area contributed by atoms with Crippen molar-refractivity contribution in [2.75, 3.05) is 13.1 Å². The van der Waals surface area contributed by atoms with Crippen LogP contribution < -0.4 is 0 Å². The summed E-state index contributed by atoms with van der Waals surface area (Å²) in [6.45, 7) is 0.583. The van der Waals surface area contributed by atoms with Gasteiger partial charge in [-0.25, -0.2) is 4.39 Å². The van der Waals surface area contributed by atoms with Crippen LogP contribution in [0.3, 0.4) is 0 Å². The van der Waals surface area contributed by atoms with E-state index in [1.807, 2.05) is 0 Å². The predicted molar refractivity (Wildman–Crippen MR) is 65.7 cm³/mol. The van der Waals surface area contributed by atoms with Crippen molar-refractivity contribution >= 4 is 27.8 Å². The molecule has 1 saturated heterocycles.